The molecule has 32 heavy (non-hydrogen) atoms. The van der Waals surface area contributed by atoms with Crippen molar-refractivity contribution in [3.05, 3.63) is 79.9 Å². The van der Waals surface area contributed by atoms with E-state index in [4.69, 9.17) is 27.9 Å². The quantitative estimate of drug-likeness (QED) is 0.623. The minimum atomic E-state index is -0.326. The van der Waals surface area contributed by atoms with E-state index in [-0.39, 0.29) is 23.9 Å². The summed E-state index contributed by atoms with van der Waals surface area (Å²) in [5.41, 5.74) is 3.57. The van der Waals surface area contributed by atoms with Crippen LogP contribution in [-0.2, 0) is 13.5 Å². The van der Waals surface area contributed by atoms with Gasteiger partial charge in [0, 0.05) is 53.7 Å². The molecule has 1 N–H and O–H groups in total. The number of aliphatic hydroxyl groups excluding tert-OH is 1. The Bertz CT molecular complexity index is 1240. The number of nitrogens with zero attached hydrogens (tertiary/aromatic N) is 3. The van der Waals surface area contributed by atoms with Gasteiger partial charge in [-0.15, -0.1) is 0 Å². The summed E-state index contributed by atoms with van der Waals surface area (Å²) in [6.07, 6.45) is 4.37. The molecule has 3 atom stereocenters. The van der Waals surface area contributed by atoms with Crippen LogP contribution in [0.25, 0.3) is 5.69 Å². The van der Waals surface area contributed by atoms with Crippen LogP contribution in [0.1, 0.15) is 29.2 Å². The lowest BCUT2D eigenvalue weighted by molar-refractivity contribution is 0.0814. The molecule has 1 saturated heterocycles. The minimum absolute atomic E-state index is 0.0422. The molecular weight excluding hydrogens is 449 g/mol. The molecule has 1 aliphatic heterocycles. The molecule has 5 rings (SSSR count). The summed E-state index contributed by atoms with van der Waals surface area (Å²) in [4.78, 5) is 14.8. The van der Waals surface area contributed by atoms with Gasteiger partial charge in [0.1, 0.15) is 11.9 Å². The molecule has 0 spiro atoms. The number of ether oxygens (including phenoxy) is 1. The van der Waals surface area contributed by atoms with E-state index in [1.54, 1.807) is 34.6 Å². The molecule has 0 unspecified atom stereocenters. The number of aromatic nitrogens is 2. The maximum Gasteiger partial charge on any atom is 0.332 e. The predicted molar refractivity (Wildman–Crippen MR) is 125 cm³/mol. The van der Waals surface area contributed by atoms with Crippen molar-refractivity contribution in [3.8, 4) is 11.4 Å². The third-order valence-corrected chi connectivity index (χ3v) is 7.20. The number of β-amino-alcohol motifs (C(OH)–C–C–N with tert-alkyl or cyclic N) is 1. The number of hydrogen-bond donors (Lipinski definition) is 1. The smallest absolute Gasteiger partial charge is 0.332 e. The number of rotatable bonds is 4. The van der Waals surface area contributed by atoms with E-state index in [1.807, 2.05) is 31.2 Å². The van der Waals surface area contributed by atoms with Gasteiger partial charge < -0.3 is 14.4 Å². The van der Waals surface area contributed by atoms with Crippen molar-refractivity contribution in [3.63, 3.8) is 0 Å². The highest BCUT2D eigenvalue weighted by Crippen LogP contribution is 2.44. The van der Waals surface area contributed by atoms with Gasteiger partial charge in [-0.3, -0.25) is 9.47 Å². The van der Waals surface area contributed by atoms with Crippen LogP contribution in [0.3, 0.4) is 0 Å². The third kappa shape index (κ3) is 3.65. The SMILES string of the molecule is Cc1c(O[C@H]2c3cc(Cl)cc(Cl)c3C[C@@H]2N2CC[C@@H](O)C2)cccc1-n1ccn(C)c1=O. The molecule has 168 valence electrons. The summed E-state index contributed by atoms with van der Waals surface area (Å²) < 4.78 is 9.81. The van der Waals surface area contributed by atoms with Crippen LogP contribution >= 0.6 is 23.2 Å². The standard InChI is InChI=1S/C24H25Cl2N3O3/c1-14-20(29-9-8-27(2)24(29)31)4-3-5-22(14)32-23-18-10-15(25)11-19(26)17(18)12-21(23)28-7-6-16(30)13-28/h3-5,8-11,16,21,23,30H,6-7,12-13H2,1-2H3/t16-,21+,23+/m1/s1. The van der Waals surface area contributed by atoms with Gasteiger partial charge in [-0.2, -0.15) is 0 Å². The van der Waals surface area contributed by atoms with Crippen molar-refractivity contribution in [2.24, 2.45) is 7.05 Å². The van der Waals surface area contributed by atoms with Gasteiger partial charge in [0.15, 0.2) is 0 Å². The lowest BCUT2D eigenvalue weighted by Gasteiger charge is -2.30. The number of halogens is 2. The number of benzene rings is 2. The van der Waals surface area contributed by atoms with Crippen molar-refractivity contribution in [1.82, 2.24) is 14.0 Å². The van der Waals surface area contributed by atoms with Crippen LogP contribution in [0, 0.1) is 6.92 Å². The first-order chi connectivity index (χ1) is 15.3. The Balaban J connectivity index is 1.55. The summed E-state index contributed by atoms with van der Waals surface area (Å²) in [5, 5.41) is 11.3. The van der Waals surface area contributed by atoms with E-state index in [0.29, 0.717) is 22.3 Å². The van der Waals surface area contributed by atoms with E-state index < -0.39 is 0 Å². The normalized spacial score (nSPS) is 23.0. The summed E-state index contributed by atoms with van der Waals surface area (Å²) >= 11 is 12.9. The Morgan fingerprint density at radius 2 is 2.00 bits per heavy atom. The van der Waals surface area contributed by atoms with Crippen LogP contribution in [0.4, 0.5) is 0 Å². The Kier molecular flexibility index (Phi) is 5.58. The fourth-order valence-electron chi connectivity index (χ4n) is 4.92. The zero-order chi connectivity index (χ0) is 22.6. The molecule has 1 aromatic heterocycles. The number of aryl methyl sites for hydroxylation is 1. The number of imidazole rings is 1. The van der Waals surface area contributed by atoms with Crippen molar-refractivity contribution in [2.75, 3.05) is 13.1 Å². The van der Waals surface area contributed by atoms with E-state index >= 15 is 0 Å². The van der Waals surface area contributed by atoms with Crippen LogP contribution in [0.2, 0.25) is 10.0 Å². The Labute approximate surface area is 196 Å². The molecule has 2 aromatic carbocycles. The molecular formula is C24H25Cl2N3O3. The number of aliphatic hydroxyl groups is 1. The molecule has 0 amide bonds. The zero-order valence-electron chi connectivity index (χ0n) is 18.0. The Morgan fingerprint density at radius 3 is 2.69 bits per heavy atom. The van der Waals surface area contributed by atoms with E-state index in [2.05, 4.69) is 4.90 Å². The highest BCUT2D eigenvalue weighted by Gasteiger charge is 2.41. The molecule has 2 heterocycles. The van der Waals surface area contributed by atoms with Crippen LogP contribution in [0.15, 0.2) is 47.5 Å². The Morgan fingerprint density at radius 1 is 1.19 bits per heavy atom. The number of fused-ring (bicyclic) bond motifs is 1. The number of likely N-dealkylation sites (tertiary alicyclic amines) is 1. The zero-order valence-corrected chi connectivity index (χ0v) is 19.5. The molecule has 0 bridgehead atoms. The first-order valence-electron chi connectivity index (χ1n) is 10.7. The predicted octanol–water partition coefficient (Wildman–Crippen LogP) is 3.90. The largest absolute Gasteiger partial charge is 0.484 e. The van der Waals surface area contributed by atoms with E-state index in [1.165, 1.54) is 0 Å². The van der Waals surface area contributed by atoms with Crippen LogP contribution in [-0.4, -0.2) is 44.4 Å². The lowest BCUT2D eigenvalue weighted by Crippen LogP contribution is -2.39. The van der Waals surface area contributed by atoms with Crippen molar-refractivity contribution < 1.29 is 9.84 Å². The van der Waals surface area contributed by atoms with Crippen molar-refractivity contribution in [2.45, 2.75) is 38.0 Å². The minimum Gasteiger partial charge on any atom is -0.484 e. The maximum atomic E-state index is 12.5. The second kappa shape index (κ2) is 8.27. The molecule has 1 aliphatic carbocycles. The highest BCUT2D eigenvalue weighted by atomic mass is 35.5. The van der Waals surface area contributed by atoms with E-state index in [9.17, 15) is 9.90 Å². The average molecular weight is 474 g/mol. The second-order valence-corrected chi connectivity index (χ2v) is 9.51. The highest BCUT2D eigenvalue weighted by molar-refractivity contribution is 6.35. The summed E-state index contributed by atoms with van der Waals surface area (Å²) in [5.74, 6) is 0.706. The Hall–Kier alpha value is -2.25. The average Bonchev–Trinajstić information content (AvgIpc) is 3.43. The second-order valence-electron chi connectivity index (χ2n) is 8.66. The maximum absolute atomic E-state index is 12.5. The lowest BCUT2D eigenvalue weighted by atomic mass is 10.1. The molecule has 1 fully saturated rings. The van der Waals surface area contributed by atoms with Crippen molar-refractivity contribution >= 4 is 23.2 Å². The van der Waals surface area contributed by atoms with Gasteiger partial charge in [0.05, 0.1) is 17.8 Å². The van der Waals surface area contributed by atoms with Gasteiger partial charge >= 0.3 is 5.69 Å². The fourth-order valence-corrected chi connectivity index (χ4v) is 5.51. The van der Waals surface area contributed by atoms with Gasteiger partial charge in [-0.1, -0.05) is 29.3 Å². The topological polar surface area (TPSA) is 59.6 Å². The number of hydrogen-bond acceptors (Lipinski definition) is 4. The van der Waals surface area contributed by atoms with Gasteiger partial charge in [-0.05, 0) is 49.6 Å². The van der Waals surface area contributed by atoms with Gasteiger partial charge in [-0.25, -0.2) is 4.79 Å². The molecule has 3 aromatic rings. The summed E-state index contributed by atoms with van der Waals surface area (Å²) in [7, 11) is 1.73. The van der Waals surface area contributed by atoms with Gasteiger partial charge in [0.2, 0.25) is 0 Å². The summed E-state index contributed by atoms with van der Waals surface area (Å²) in [6.45, 7) is 3.38. The fraction of sp³-hybridized carbons (Fsp3) is 0.375. The first-order valence-corrected chi connectivity index (χ1v) is 11.5. The molecule has 0 radical (unpaired) electrons. The first kappa shape index (κ1) is 21.6. The molecule has 2 aliphatic rings. The van der Waals surface area contributed by atoms with Crippen LogP contribution < -0.4 is 10.4 Å². The molecule has 6 nitrogen and oxygen atoms in total. The van der Waals surface area contributed by atoms with E-state index in [0.717, 1.165) is 41.8 Å². The molecule has 0 saturated carbocycles. The molecule has 8 heteroatoms. The monoisotopic (exact) mass is 473 g/mol. The van der Waals surface area contributed by atoms with Crippen molar-refractivity contribution in [1.29, 1.82) is 0 Å². The van der Waals surface area contributed by atoms with Crippen LogP contribution in [0.5, 0.6) is 5.75 Å². The summed E-state index contributed by atoms with van der Waals surface area (Å²) in [6, 6.07) is 9.48. The van der Waals surface area contributed by atoms with Gasteiger partial charge in [0.25, 0.3) is 0 Å². The third-order valence-electron chi connectivity index (χ3n) is 6.64.